The summed E-state index contributed by atoms with van der Waals surface area (Å²) in [5.74, 6) is 0.188. The quantitative estimate of drug-likeness (QED) is 0.533. The van der Waals surface area contributed by atoms with Gasteiger partial charge in [-0.05, 0) is 18.8 Å². The summed E-state index contributed by atoms with van der Waals surface area (Å²) >= 11 is 0. The Kier molecular flexibility index (Phi) is 12.7. The molecule has 0 saturated heterocycles. The maximum absolute atomic E-state index is 11.4. The molecule has 98 valence electrons. The molecule has 0 aromatic carbocycles. The van der Waals surface area contributed by atoms with E-state index in [4.69, 9.17) is 10.5 Å². The molecule has 0 saturated carbocycles. The Morgan fingerprint density at radius 1 is 1.25 bits per heavy atom. The third kappa shape index (κ3) is 10.2. The van der Waals surface area contributed by atoms with E-state index in [-0.39, 0.29) is 18.4 Å². The number of halogens is 1. The van der Waals surface area contributed by atoms with Crippen LogP contribution in [-0.2, 0) is 9.53 Å². The highest BCUT2D eigenvalue weighted by Crippen LogP contribution is 2.05. The lowest BCUT2D eigenvalue weighted by atomic mass is 10.1. The Labute approximate surface area is 106 Å². The van der Waals surface area contributed by atoms with Crippen molar-refractivity contribution in [1.29, 1.82) is 0 Å². The zero-order valence-electron chi connectivity index (χ0n) is 10.7. The van der Waals surface area contributed by atoms with Gasteiger partial charge in [0.1, 0.15) is 6.04 Å². The molecule has 1 atom stereocenters. The number of rotatable bonds is 8. The average Bonchev–Trinajstić information content (AvgIpc) is 2.16. The van der Waals surface area contributed by atoms with Crippen LogP contribution in [0.25, 0.3) is 0 Å². The van der Waals surface area contributed by atoms with E-state index in [1.54, 1.807) is 0 Å². The van der Waals surface area contributed by atoms with Crippen molar-refractivity contribution in [3.63, 3.8) is 0 Å². The molecule has 0 aliphatic carbocycles. The molecule has 0 aliphatic rings. The van der Waals surface area contributed by atoms with Gasteiger partial charge in [0.2, 0.25) is 0 Å². The van der Waals surface area contributed by atoms with E-state index < -0.39 is 6.04 Å². The van der Waals surface area contributed by atoms with Gasteiger partial charge in [-0.1, -0.05) is 40.0 Å². The Bertz CT molecular complexity index is 174. The molecule has 0 unspecified atom stereocenters. The Balaban J connectivity index is 0. The Hall–Kier alpha value is -0.280. The third-order valence-corrected chi connectivity index (χ3v) is 2.27. The van der Waals surface area contributed by atoms with E-state index in [1.807, 2.05) is 13.8 Å². The maximum Gasteiger partial charge on any atom is 0.322 e. The highest BCUT2D eigenvalue weighted by molar-refractivity contribution is 5.85. The summed E-state index contributed by atoms with van der Waals surface area (Å²) in [6.45, 7) is 6.78. The van der Waals surface area contributed by atoms with Crippen molar-refractivity contribution in [2.75, 3.05) is 6.61 Å². The second-order valence-corrected chi connectivity index (χ2v) is 4.46. The van der Waals surface area contributed by atoms with Gasteiger partial charge in [0, 0.05) is 0 Å². The zero-order chi connectivity index (χ0) is 11.7. The molecule has 0 amide bonds. The minimum absolute atomic E-state index is 0. The van der Waals surface area contributed by atoms with Crippen molar-refractivity contribution in [3.05, 3.63) is 0 Å². The highest BCUT2D eigenvalue weighted by Gasteiger charge is 2.15. The molecule has 0 fully saturated rings. The topological polar surface area (TPSA) is 52.3 Å². The van der Waals surface area contributed by atoms with Crippen LogP contribution in [-0.4, -0.2) is 18.6 Å². The van der Waals surface area contributed by atoms with Crippen LogP contribution in [0.4, 0.5) is 0 Å². The van der Waals surface area contributed by atoms with Gasteiger partial charge < -0.3 is 10.5 Å². The first kappa shape index (κ1) is 18.1. The first-order chi connectivity index (χ1) is 7.07. The second-order valence-electron chi connectivity index (χ2n) is 4.46. The van der Waals surface area contributed by atoms with Gasteiger partial charge in [-0.3, -0.25) is 4.79 Å². The molecule has 0 rings (SSSR count). The molecule has 0 spiro atoms. The Morgan fingerprint density at radius 2 is 1.88 bits per heavy atom. The van der Waals surface area contributed by atoms with Crippen LogP contribution in [0, 0.1) is 5.92 Å². The van der Waals surface area contributed by atoms with Crippen LogP contribution in [0.1, 0.15) is 52.9 Å². The van der Waals surface area contributed by atoms with Crippen LogP contribution < -0.4 is 5.73 Å². The predicted octanol–water partition coefficient (Wildman–Crippen LogP) is 2.91. The van der Waals surface area contributed by atoms with Gasteiger partial charge in [0.15, 0.2) is 0 Å². The van der Waals surface area contributed by atoms with Gasteiger partial charge >= 0.3 is 5.97 Å². The van der Waals surface area contributed by atoms with Crippen LogP contribution in [0.2, 0.25) is 0 Å². The summed E-state index contributed by atoms with van der Waals surface area (Å²) < 4.78 is 5.09. The summed E-state index contributed by atoms with van der Waals surface area (Å²) in [6.07, 6.45) is 5.18. The van der Waals surface area contributed by atoms with Crippen molar-refractivity contribution >= 4 is 18.4 Å². The van der Waals surface area contributed by atoms with Crippen LogP contribution in [0.5, 0.6) is 0 Å². The lowest BCUT2D eigenvalue weighted by Crippen LogP contribution is -2.33. The largest absolute Gasteiger partial charge is 0.465 e. The smallest absolute Gasteiger partial charge is 0.322 e. The van der Waals surface area contributed by atoms with E-state index in [0.717, 1.165) is 12.8 Å². The molecule has 16 heavy (non-hydrogen) atoms. The van der Waals surface area contributed by atoms with Gasteiger partial charge in [-0.2, -0.15) is 0 Å². The molecule has 0 aliphatic heterocycles. The van der Waals surface area contributed by atoms with E-state index >= 15 is 0 Å². The number of nitrogens with two attached hydrogens (primary N) is 1. The minimum atomic E-state index is -0.448. The maximum atomic E-state index is 11.4. The lowest BCUT2D eigenvalue weighted by molar-refractivity contribution is -0.145. The number of carbonyl (C=O) groups excluding carboxylic acids is 1. The molecular weight excluding hydrogens is 226 g/mol. The van der Waals surface area contributed by atoms with Gasteiger partial charge in [-0.25, -0.2) is 0 Å². The predicted molar refractivity (Wildman–Crippen MR) is 69.8 cm³/mol. The fourth-order valence-corrected chi connectivity index (χ4v) is 1.41. The normalized spacial score (nSPS) is 12.1. The number of hydrogen-bond acceptors (Lipinski definition) is 3. The summed E-state index contributed by atoms with van der Waals surface area (Å²) in [7, 11) is 0. The minimum Gasteiger partial charge on any atom is -0.465 e. The second kappa shape index (κ2) is 11.2. The zero-order valence-corrected chi connectivity index (χ0v) is 11.5. The number of ether oxygens (including phenoxy) is 1. The van der Waals surface area contributed by atoms with Crippen molar-refractivity contribution in [2.24, 2.45) is 11.7 Å². The number of hydrogen-bond donors (Lipinski definition) is 1. The standard InChI is InChI=1S/C12H25NO2.ClH/c1-4-5-6-7-8-15-12(14)11(13)9-10(2)3;/h10-11H,4-9,13H2,1-3H3;1H/t11-;/m0./s1. The Morgan fingerprint density at radius 3 is 2.38 bits per heavy atom. The first-order valence-corrected chi connectivity index (χ1v) is 6.00. The monoisotopic (exact) mass is 251 g/mol. The van der Waals surface area contributed by atoms with E-state index in [0.29, 0.717) is 18.9 Å². The fraction of sp³-hybridized carbons (Fsp3) is 0.917. The molecular formula is C12H26ClNO2. The number of unbranched alkanes of at least 4 members (excludes halogenated alkanes) is 3. The van der Waals surface area contributed by atoms with E-state index in [9.17, 15) is 4.79 Å². The summed E-state index contributed by atoms with van der Waals surface area (Å²) in [5, 5.41) is 0. The fourth-order valence-electron chi connectivity index (χ4n) is 1.41. The van der Waals surface area contributed by atoms with Gasteiger partial charge in [-0.15, -0.1) is 12.4 Å². The van der Waals surface area contributed by atoms with Crippen molar-refractivity contribution in [2.45, 2.75) is 58.9 Å². The van der Waals surface area contributed by atoms with E-state index in [1.165, 1.54) is 12.8 Å². The molecule has 2 N–H and O–H groups in total. The summed E-state index contributed by atoms with van der Waals surface area (Å²) in [6, 6.07) is -0.448. The SMILES string of the molecule is CCCCCCOC(=O)[C@@H](N)CC(C)C.Cl. The van der Waals surface area contributed by atoms with Crippen molar-refractivity contribution < 1.29 is 9.53 Å². The molecule has 0 heterocycles. The third-order valence-electron chi connectivity index (χ3n) is 2.27. The van der Waals surface area contributed by atoms with E-state index in [2.05, 4.69) is 6.92 Å². The summed E-state index contributed by atoms with van der Waals surface area (Å²) in [4.78, 5) is 11.4. The van der Waals surface area contributed by atoms with Gasteiger partial charge in [0.05, 0.1) is 6.61 Å². The van der Waals surface area contributed by atoms with Crippen LogP contribution in [0.15, 0.2) is 0 Å². The van der Waals surface area contributed by atoms with Gasteiger partial charge in [0.25, 0.3) is 0 Å². The van der Waals surface area contributed by atoms with Crippen molar-refractivity contribution in [1.82, 2.24) is 0 Å². The molecule has 0 aromatic rings. The highest BCUT2D eigenvalue weighted by atomic mass is 35.5. The molecule has 0 bridgehead atoms. The van der Waals surface area contributed by atoms with Crippen molar-refractivity contribution in [3.8, 4) is 0 Å². The average molecular weight is 252 g/mol. The number of carbonyl (C=O) groups is 1. The molecule has 3 nitrogen and oxygen atoms in total. The molecule has 0 radical (unpaired) electrons. The summed E-state index contributed by atoms with van der Waals surface area (Å²) in [5.41, 5.74) is 5.68. The molecule has 0 aromatic heterocycles. The van der Waals surface area contributed by atoms with Crippen LogP contribution in [0.3, 0.4) is 0 Å². The van der Waals surface area contributed by atoms with Crippen LogP contribution >= 0.6 is 12.4 Å². The number of esters is 1. The lowest BCUT2D eigenvalue weighted by Gasteiger charge is -2.13. The molecule has 4 heteroatoms. The first-order valence-electron chi connectivity index (χ1n) is 6.00.